The fraction of sp³-hybridized carbons (Fsp3) is 0.883. The van der Waals surface area contributed by atoms with Crippen LogP contribution in [0.15, 0.2) is 73.3 Å². The van der Waals surface area contributed by atoms with Crippen LogP contribution in [0.1, 0.15) is 330 Å². The maximum Gasteiger partial charge on any atom is 0.0618 e. The largest absolute Gasteiger partial charge is 0.396 e. The molecule has 642 valence electrons. The standard InChI is InChI=1S/C36H61NO.C34H57NO3.C33H56N2O2/c1-10-32(6)25(4)14-17-33(7)29(32)16-18-35(9)30(33)13-12-28-31-27(24(2)3)15-19-36(31,21-20-34(28,35)8)26(5)37-22-11-23-38;1-22(2)24-11-16-34(23(3)35-19-8-20-36)18-17-32(6)25(29(24)34)9-10-27-30(4)14-13-28(38)31(5,21-37)26(30)12-15-33(27,32)7;1-21(2)23-10-15-33(22(3)35-19-18-34)17-16-31(6)24(28(23)33)8-9-26-29(4)13-12-27(37)30(5,20-36)25(29)11-14-32(26,31)7/h25,27-31,37-38H,2,5,10-23H2,1,3-4,6-9H3;24-29,35-38H,1,3,8-21H2,2,4-7H3;23-28,35-37H,1,3,8-20,34H2,2,4-7H3/t25-,27-,28?,29-,30+,31+,32+,33-,34+,35+,36+;24-,25?,26+,27+,28-,29+,30-,31-,32+,33+,34+;23-,24?,25+,26+,27-,28+,29-,30-,31+,32+,33+/m000/s1. The Bertz CT molecular complexity index is 3380. The van der Waals surface area contributed by atoms with Crippen LogP contribution in [0.4, 0.5) is 0 Å². The van der Waals surface area contributed by atoms with Crippen molar-refractivity contribution < 1.29 is 30.6 Å². The summed E-state index contributed by atoms with van der Waals surface area (Å²) in [5.41, 5.74) is 16.8. The van der Waals surface area contributed by atoms with E-state index in [4.69, 9.17) is 12.3 Å². The fourth-order valence-corrected chi connectivity index (χ4v) is 37.0. The highest BCUT2D eigenvalue weighted by Crippen LogP contribution is 2.83. The molecule has 15 rings (SSSR count). The minimum Gasteiger partial charge on any atom is -0.396 e. The quantitative estimate of drug-likeness (QED) is 0.0416. The first-order valence-electron chi connectivity index (χ1n) is 47.8. The molecule has 0 radical (unpaired) electrons. The van der Waals surface area contributed by atoms with E-state index in [-0.39, 0.29) is 92.1 Å². The van der Waals surface area contributed by atoms with Crippen molar-refractivity contribution in [1.82, 2.24) is 16.0 Å². The first kappa shape index (κ1) is 88.3. The monoisotopic (exact) mass is 1560 g/mol. The van der Waals surface area contributed by atoms with Crippen LogP contribution in [0, 0.1) is 176 Å². The first-order valence-corrected chi connectivity index (χ1v) is 47.8. The lowest BCUT2D eigenvalue weighted by Gasteiger charge is -2.73. The molecule has 15 fully saturated rings. The molecule has 15 aliphatic rings. The number of rotatable bonds is 20. The van der Waals surface area contributed by atoms with E-state index in [1.807, 2.05) is 0 Å². The molecular formula is C103H174N4O6. The Kier molecular flexibility index (Phi) is 24.4. The van der Waals surface area contributed by atoms with Crippen molar-refractivity contribution in [1.29, 1.82) is 0 Å². The normalized spacial score (nSPS) is 52.1. The number of nitrogens with one attached hydrogen (secondary N) is 3. The van der Waals surface area contributed by atoms with Gasteiger partial charge in [0.2, 0.25) is 0 Å². The van der Waals surface area contributed by atoms with Crippen LogP contribution in [0.3, 0.4) is 0 Å². The van der Waals surface area contributed by atoms with Crippen molar-refractivity contribution in [3.63, 3.8) is 0 Å². The fourth-order valence-electron chi connectivity index (χ4n) is 37.0. The Morgan fingerprint density at radius 1 is 0.345 bits per heavy atom. The molecule has 15 aliphatic carbocycles. The highest BCUT2D eigenvalue weighted by Gasteiger charge is 2.76. The van der Waals surface area contributed by atoms with Crippen molar-refractivity contribution in [2.45, 2.75) is 342 Å². The zero-order valence-corrected chi connectivity index (χ0v) is 75.9. The van der Waals surface area contributed by atoms with E-state index in [0.717, 1.165) is 94.7 Å². The summed E-state index contributed by atoms with van der Waals surface area (Å²) in [4.78, 5) is 0. The molecule has 113 heavy (non-hydrogen) atoms. The van der Waals surface area contributed by atoms with Gasteiger partial charge in [-0.15, -0.1) is 0 Å². The molecule has 3 unspecified atom stereocenters. The van der Waals surface area contributed by atoms with Gasteiger partial charge < -0.3 is 52.3 Å². The summed E-state index contributed by atoms with van der Waals surface area (Å²) in [5.74, 6) is 10.4. The lowest BCUT2D eigenvalue weighted by molar-refractivity contribution is -0.252. The molecule has 0 amide bonds. The second-order valence-corrected chi connectivity index (χ2v) is 46.9. The van der Waals surface area contributed by atoms with E-state index in [9.17, 15) is 30.6 Å². The summed E-state index contributed by atoms with van der Waals surface area (Å²) < 4.78 is 0. The molecular weight excluding hydrogens is 1390 g/mol. The zero-order chi connectivity index (χ0) is 82.5. The number of nitrogens with two attached hydrogens (primary N) is 1. The summed E-state index contributed by atoms with van der Waals surface area (Å²) in [6.45, 7) is 74.3. The minimum atomic E-state index is -0.392. The maximum absolute atomic E-state index is 11.0. The van der Waals surface area contributed by atoms with Gasteiger partial charge >= 0.3 is 0 Å². The number of aliphatic hydroxyl groups excluding tert-OH is 6. The summed E-state index contributed by atoms with van der Waals surface area (Å²) in [5, 5.41) is 72.9. The van der Waals surface area contributed by atoms with Gasteiger partial charge in [-0.25, -0.2) is 0 Å². The molecule has 0 saturated heterocycles. The SMILES string of the molecule is C=C(C)[C@@H]1CC[C@]2(C(=C)NCCCO)CC[C@]3(C)C(CC[C@@H]4[C@@]5(C)CC[C@H](C)[C@@](C)(CC)[C@@H]5CC[C@]43C)[C@@H]12.C=C(C)[C@@H]1CC[C@]2(C(=C)NCCCO)CC[C@]3(C)C(CC[C@@H]4[C@@]5(C)CC[C@H](O)[C@@](C)(CO)[C@@H]5CC[C@]43C)[C@@H]12.C=C(C)[C@@H]1CC[C@]2(C(=C)NCCN)CC[C@]3(C)C(CC[C@@H]4[C@@]5(C)CC[C@H](O)[C@@](C)(CO)[C@@H]5CC[C@]43C)[C@@H]12. The summed E-state index contributed by atoms with van der Waals surface area (Å²) in [6, 6.07) is 0. The molecule has 0 aromatic carbocycles. The molecule has 0 heterocycles. The topological polar surface area (TPSA) is 183 Å². The van der Waals surface area contributed by atoms with E-state index in [2.05, 4.69) is 167 Å². The highest BCUT2D eigenvalue weighted by atomic mass is 16.3. The van der Waals surface area contributed by atoms with E-state index in [1.165, 1.54) is 194 Å². The van der Waals surface area contributed by atoms with E-state index in [1.54, 1.807) is 0 Å². The van der Waals surface area contributed by atoms with Gasteiger partial charge in [0.15, 0.2) is 0 Å². The second-order valence-electron chi connectivity index (χ2n) is 46.9. The zero-order valence-electron chi connectivity index (χ0n) is 75.9. The summed E-state index contributed by atoms with van der Waals surface area (Å²) in [6.07, 6.45) is 39.3. The number of fused-ring (bicyclic) bond motifs is 21. The summed E-state index contributed by atoms with van der Waals surface area (Å²) in [7, 11) is 0. The van der Waals surface area contributed by atoms with E-state index >= 15 is 0 Å². The average molecular weight is 1560 g/mol. The minimum absolute atomic E-state index is 0.0913. The van der Waals surface area contributed by atoms with Crippen molar-refractivity contribution in [2.75, 3.05) is 52.6 Å². The summed E-state index contributed by atoms with van der Waals surface area (Å²) >= 11 is 0. The number of hydrogen-bond donors (Lipinski definition) is 10. The van der Waals surface area contributed by atoms with Gasteiger partial charge in [-0.3, -0.25) is 0 Å². The molecule has 15 saturated carbocycles. The number of hydrogen-bond acceptors (Lipinski definition) is 10. The van der Waals surface area contributed by atoms with Crippen molar-refractivity contribution >= 4 is 0 Å². The second kappa shape index (κ2) is 31.2. The van der Waals surface area contributed by atoms with Gasteiger partial charge in [0, 0.05) is 83.6 Å². The highest BCUT2D eigenvalue weighted by molar-refractivity contribution is 5.32. The smallest absolute Gasteiger partial charge is 0.0618 e. The number of allylic oxidation sites excluding steroid dienone is 6. The van der Waals surface area contributed by atoms with Crippen LogP contribution in [0.2, 0.25) is 0 Å². The van der Waals surface area contributed by atoms with Gasteiger partial charge in [-0.05, 0) is 375 Å². The van der Waals surface area contributed by atoms with Gasteiger partial charge in [0.25, 0.3) is 0 Å². The van der Waals surface area contributed by atoms with Gasteiger partial charge in [-0.1, -0.05) is 160 Å². The molecule has 10 heteroatoms. The van der Waals surface area contributed by atoms with Gasteiger partial charge in [0.1, 0.15) is 0 Å². The van der Waals surface area contributed by atoms with Gasteiger partial charge in [0.05, 0.1) is 25.4 Å². The third kappa shape index (κ3) is 12.6. The van der Waals surface area contributed by atoms with E-state index in [0.29, 0.717) is 99.2 Å². The number of aliphatic hydroxyl groups is 6. The third-order valence-electron chi connectivity index (χ3n) is 44.1. The van der Waals surface area contributed by atoms with Crippen LogP contribution in [-0.2, 0) is 0 Å². The lowest BCUT2D eigenvalue weighted by atomic mass is 9.31. The maximum atomic E-state index is 11.0. The van der Waals surface area contributed by atoms with Crippen LogP contribution in [-0.4, -0.2) is 95.5 Å². The van der Waals surface area contributed by atoms with Crippen molar-refractivity contribution in [3.8, 4) is 0 Å². The van der Waals surface area contributed by atoms with E-state index < -0.39 is 6.10 Å². The predicted octanol–water partition coefficient (Wildman–Crippen LogP) is 21.7. The van der Waals surface area contributed by atoms with Crippen molar-refractivity contribution in [2.24, 2.45) is 182 Å². The molecule has 0 aromatic heterocycles. The Morgan fingerprint density at radius 2 is 0.646 bits per heavy atom. The molecule has 0 aromatic rings. The first-order chi connectivity index (χ1) is 53.1. The molecule has 0 spiro atoms. The van der Waals surface area contributed by atoms with Crippen LogP contribution in [0.25, 0.3) is 0 Å². The van der Waals surface area contributed by atoms with Crippen molar-refractivity contribution in [3.05, 3.63) is 73.3 Å². The molecule has 33 atom stereocenters. The lowest BCUT2D eigenvalue weighted by Crippen LogP contribution is -2.67. The Hall–Kier alpha value is -2.44. The van der Waals surface area contributed by atoms with Crippen LogP contribution >= 0.6 is 0 Å². The average Bonchev–Trinajstić information content (AvgIpc) is 1.67. The Balaban J connectivity index is 0.000000148. The molecule has 0 aliphatic heterocycles. The molecule has 11 N–H and O–H groups in total. The predicted molar refractivity (Wildman–Crippen MR) is 469 cm³/mol. The van der Waals surface area contributed by atoms with Crippen LogP contribution in [0.5, 0.6) is 0 Å². The molecule has 10 nitrogen and oxygen atoms in total. The van der Waals surface area contributed by atoms with Crippen LogP contribution < -0.4 is 21.7 Å². The van der Waals surface area contributed by atoms with Gasteiger partial charge in [-0.2, -0.15) is 0 Å². The Morgan fingerprint density at radius 3 is 0.929 bits per heavy atom. The Labute approximate surface area is 692 Å². The third-order valence-corrected chi connectivity index (χ3v) is 44.1. The molecule has 0 bridgehead atoms.